The van der Waals surface area contributed by atoms with Gasteiger partial charge in [0.25, 0.3) is 5.91 Å². The second-order valence-corrected chi connectivity index (χ2v) is 8.23. The van der Waals surface area contributed by atoms with Crippen LogP contribution in [0.15, 0.2) is 36.4 Å². The second-order valence-electron chi connectivity index (χ2n) is 7.44. The summed E-state index contributed by atoms with van der Waals surface area (Å²) in [5.41, 5.74) is 8.75. The van der Waals surface area contributed by atoms with Crippen LogP contribution in [0.25, 0.3) is 0 Å². The van der Waals surface area contributed by atoms with Crippen molar-refractivity contribution in [2.75, 3.05) is 28.3 Å². The maximum atomic E-state index is 12.4. The number of methoxy groups -OCH3 is 2. The summed E-state index contributed by atoms with van der Waals surface area (Å²) in [5, 5.41) is 1.89. The van der Waals surface area contributed by atoms with Gasteiger partial charge in [-0.25, -0.2) is 0 Å². The average molecular weight is 490 g/mol. The monoisotopic (exact) mass is 489 g/mol. The molecule has 0 aliphatic carbocycles. The summed E-state index contributed by atoms with van der Waals surface area (Å²) in [7, 11) is 6.47. The number of ether oxygens (including phenoxy) is 2. The van der Waals surface area contributed by atoms with Gasteiger partial charge in [0.2, 0.25) is 10.9 Å². The molecule has 0 aromatic heterocycles. The Morgan fingerprint density at radius 2 is 1.45 bits per heavy atom. The summed E-state index contributed by atoms with van der Waals surface area (Å²) in [4.78, 5) is 25.7. The number of carbonyl (C=O) groups excluding carboxylic acids is 2. The highest BCUT2D eigenvalue weighted by molar-refractivity contribution is 7.80. The maximum Gasteiger partial charge on any atom is 0.274 e. The minimum absolute atomic E-state index is 0.388. The van der Waals surface area contributed by atoms with E-state index in [0.717, 1.165) is 22.3 Å². The van der Waals surface area contributed by atoms with Crippen LogP contribution in [-0.2, 0) is 9.59 Å². The molecule has 0 radical (unpaired) electrons. The molecule has 0 spiro atoms. The zero-order valence-electron chi connectivity index (χ0n) is 19.6. The van der Waals surface area contributed by atoms with Crippen molar-refractivity contribution in [3.63, 3.8) is 0 Å². The van der Waals surface area contributed by atoms with Crippen LogP contribution in [0.5, 0.6) is 11.5 Å². The Labute approximate surface area is 204 Å². The van der Waals surface area contributed by atoms with Crippen molar-refractivity contribution in [1.82, 2.24) is 15.9 Å². The Morgan fingerprint density at radius 1 is 0.939 bits per heavy atom. The molecule has 0 bridgehead atoms. The van der Waals surface area contributed by atoms with Gasteiger partial charge in [0.1, 0.15) is 22.9 Å². The second kappa shape index (κ2) is 11.7. The van der Waals surface area contributed by atoms with Gasteiger partial charge >= 0.3 is 0 Å². The molecular formula is C23H29N4O4S2+. The summed E-state index contributed by atoms with van der Waals surface area (Å²) >= 11 is 11.0. The van der Waals surface area contributed by atoms with Gasteiger partial charge in [0.05, 0.1) is 26.8 Å². The molecule has 0 saturated carbocycles. The molecule has 1 unspecified atom stereocenters. The van der Waals surface area contributed by atoms with Gasteiger partial charge < -0.3 is 9.47 Å². The number of benzene rings is 2. The maximum absolute atomic E-state index is 12.4. The van der Waals surface area contributed by atoms with Crippen LogP contribution in [0.1, 0.15) is 28.7 Å². The Balaban J connectivity index is 1.95. The fourth-order valence-corrected chi connectivity index (χ4v) is 3.58. The predicted molar refractivity (Wildman–Crippen MR) is 134 cm³/mol. The lowest BCUT2D eigenvalue weighted by molar-refractivity contribution is -0.819. The zero-order valence-corrected chi connectivity index (χ0v) is 21.2. The molecule has 0 aliphatic rings. The summed E-state index contributed by atoms with van der Waals surface area (Å²) in [6.45, 7) is 3.84. The van der Waals surface area contributed by atoms with E-state index in [1.54, 1.807) is 34.4 Å². The molecule has 0 saturated heterocycles. The van der Waals surface area contributed by atoms with Crippen molar-refractivity contribution < 1.29 is 24.1 Å². The summed E-state index contributed by atoms with van der Waals surface area (Å²) in [6.07, 6.45) is -0.388. The quantitative estimate of drug-likeness (QED) is 0.320. The lowest BCUT2D eigenvalue weighted by Gasteiger charge is -2.22. The molecule has 10 heteroatoms. The number of hydrazine groups is 1. The number of hydrogen-bond acceptors (Lipinski definition) is 6. The summed E-state index contributed by atoms with van der Waals surface area (Å²) in [6, 6.07) is 11.1. The summed E-state index contributed by atoms with van der Waals surface area (Å²) < 4.78 is 10.5. The lowest BCUT2D eigenvalue weighted by atomic mass is 10.1. The van der Waals surface area contributed by atoms with Crippen LogP contribution in [0.3, 0.4) is 0 Å². The third-order valence-electron chi connectivity index (χ3n) is 4.95. The van der Waals surface area contributed by atoms with Gasteiger partial charge in [-0.15, -0.1) is 0 Å². The number of hydrogen-bond donors (Lipinski definition) is 3. The number of amides is 2. The van der Waals surface area contributed by atoms with Gasteiger partial charge in [-0.2, -0.15) is 10.4 Å². The van der Waals surface area contributed by atoms with Crippen molar-refractivity contribution in [2.24, 2.45) is 0 Å². The number of quaternary nitrogens is 1. The summed E-state index contributed by atoms with van der Waals surface area (Å²) in [5.74, 6) is 0.339. The normalized spacial score (nSPS) is 11.2. The Morgan fingerprint density at radius 3 is 2.00 bits per heavy atom. The van der Waals surface area contributed by atoms with E-state index < -0.39 is 11.8 Å². The number of thiocarbonyl (C=S) groups is 2. The lowest BCUT2D eigenvalue weighted by Crippen LogP contribution is -3.18. The van der Waals surface area contributed by atoms with E-state index >= 15 is 0 Å². The van der Waals surface area contributed by atoms with Gasteiger partial charge in [-0.05, 0) is 61.5 Å². The molecule has 3 N–H and O–H groups in total. The zero-order chi connectivity index (χ0) is 24.7. The first-order valence-electron chi connectivity index (χ1n) is 10.1. The molecule has 2 aromatic carbocycles. The molecule has 2 rings (SSSR count). The number of nitrogens with one attached hydrogen (secondary N) is 3. The van der Waals surface area contributed by atoms with Gasteiger partial charge in [-0.1, -0.05) is 24.4 Å². The van der Waals surface area contributed by atoms with Crippen molar-refractivity contribution in [3.8, 4) is 11.5 Å². The van der Waals surface area contributed by atoms with E-state index in [0.29, 0.717) is 26.5 Å². The van der Waals surface area contributed by atoms with Crippen LogP contribution >= 0.6 is 24.4 Å². The van der Waals surface area contributed by atoms with Crippen molar-refractivity contribution >= 4 is 46.2 Å². The van der Waals surface area contributed by atoms with E-state index in [4.69, 9.17) is 33.9 Å². The van der Waals surface area contributed by atoms with E-state index in [1.165, 1.54) is 5.01 Å². The Hall–Kier alpha value is -3.08. The van der Waals surface area contributed by atoms with Crippen LogP contribution < -0.4 is 25.3 Å². The molecule has 2 aromatic rings. The third kappa shape index (κ3) is 6.95. The molecule has 0 heterocycles. The highest BCUT2D eigenvalue weighted by Crippen LogP contribution is 2.19. The van der Waals surface area contributed by atoms with E-state index in [2.05, 4.69) is 10.9 Å². The Kier molecular flexibility index (Phi) is 9.27. The van der Waals surface area contributed by atoms with Gasteiger partial charge in [-0.3, -0.25) is 20.0 Å². The Bertz CT molecular complexity index is 991. The molecule has 2 amide bonds. The van der Waals surface area contributed by atoms with Crippen molar-refractivity contribution in [1.29, 1.82) is 0 Å². The van der Waals surface area contributed by atoms with Crippen LogP contribution in [0, 0.1) is 13.8 Å². The van der Waals surface area contributed by atoms with Crippen LogP contribution in [0.2, 0.25) is 0 Å². The SMILES string of the molecule is COc1ccc(C)c(C(=S)N(C)NC(=O)CC(=O)N[NH+](C)C(=S)c2cc(OC)ccc2C)c1. The molecule has 1 atom stereocenters. The molecular weight excluding hydrogens is 460 g/mol. The largest absolute Gasteiger partial charge is 0.497 e. The van der Waals surface area contributed by atoms with Crippen molar-refractivity contribution in [3.05, 3.63) is 58.7 Å². The topological polar surface area (TPSA) is 84.3 Å². The average Bonchev–Trinajstić information content (AvgIpc) is 2.78. The number of rotatable bonds is 6. The first-order chi connectivity index (χ1) is 15.6. The highest BCUT2D eigenvalue weighted by atomic mass is 32.1. The number of aryl methyl sites for hydroxylation is 2. The molecule has 0 fully saturated rings. The fourth-order valence-electron chi connectivity index (χ4n) is 3.05. The molecule has 0 aliphatic heterocycles. The van der Waals surface area contributed by atoms with Gasteiger partial charge in [0, 0.05) is 12.6 Å². The van der Waals surface area contributed by atoms with Crippen molar-refractivity contribution in [2.45, 2.75) is 20.3 Å². The molecule has 33 heavy (non-hydrogen) atoms. The minimum atomic E-state index is -0.505. The first kappa shape index (κ1) is 26.2. The third-order valence-corrected chi connectivity index (χ3v) is 5.97. The highest BCUT2D eigenvalue weighted by Gasteiger charge is 2.21. The van der Waals surface area contributed by atoms with E-state index in [1.807, 2.05) is 44.2 Å². The standard InChI is InChI=1S/C23H28N4O4S2/c1-14-7-9-16(30-5)11-18(14)22(32)26(3)24-20(28)13-21(29)25-27(4)23(33)19-12-17(31-6)10-8-15(19)2/h7-12H,13H2,1-6H3,(H,24,28)(H,25,29)/p+1. The first-order valence-corrected chi connectivity index (χ1v) is 10.9. The van der Waals surface area contributed by atoms with Gasteiger partial charge in [0.15, 0.2) is 0 Å². The number of carbonyl (C=O) groups is 2. The predicted octanol–water partition coefficient (Wildman–Crippen LogP) is 1.27. The smallest absolute Gasteiger partial charge is 0.274 e. The van der Waals surface area contributed by atoms with E-state index in [9.17, 15) is 9.59 Å². The molecule has 176 valence electrons. The molecule has 8 nitrogen and oxygen atoms in total. The fraction of sp³-hybridized carbons (Fsp3) is 0.304. The van der Waals surface area contributed by atoms with Crippen LogP contribution in [-0.4, -0.2) is 55.1 Å². The number of nitrogens with zero attached hydrogens (tertiary/aromatic N) is 1. The minimum Gasteiger partial charge on any atom is -0.497 e. The van der Waals surface area contributed by atoms with Crippen LogP contribution in [0.4, 0.5) is 0 Å². The van der Waals surface area contributed by atoms with E-state index in [-0.39, 0.29) is 6.42 Å².